The number of aryl methyl sites for hydroxylation is 1. The molecule has 2 aromatic rings. The number of piperazine rings is 1. The molecule has 1 aromatic carbocycles. The highest BCUT2D eigenvalue weighted by Crippen LogP contribution is 2.23. The van der Waals surface area contributed by atoms with Gasteiger partial charge in [0.15, 0.2) is 0 Å². The smallest absolute Gasteiger partial charge is 0.292 e. The van der Waals surface area contributed by atoms with Gasteiger partial charge in [0, 0.05) is 48.8 Å². The summed E-state index contributed by atoms with van der Waals surface area (Å²) in [5.41, 5.74) is 1.24. The van der Waals surface area contributed by atoms with Crippen LogP contribution in [0.15, 0.2) is 39.3 Å². The Hall–Kier alpha value is -2.68. The predicted molar refractivity (Wildman–Crippen MR) is 112 cm³/mol. The second kappa shape index (κ2) is 8.59. The van der Waals surface area contributed by atoms with E-state index >= 15 is 0 Å². The van der Waals surface area contributed by atoms with Crippen molar-refractivity contribution in [3.8, 4) is 0 Å². The van der Waals surface area contributed by atoms with Crippen LogP contribution in [-0.2, 0) is 4.79 Å². The molecule has 2 aliphatic rings. The van der Waals surface area contributed by atoms with Gasteiger partial charge in [0.25, 0.3) is 11.8 Å². The molecular weight excluding hydrogens is 452 g/mol. The lowest BCUT2D eigenvalue weighted by Gasteiger charge is -2.37. The normalized spacial score (nSPS) is 19.3. The molecule has 1 unspecified atom stereocenters. The number of nitrogens with zero attached hydrogens (tertiary/aromatic N) is 4. The number of hydrogen-bond acceptors (Lipinski definition) is 5. The topological polar surface area (TPSA) is 87.0 Å². The van der Waals surface area contributed by atoms with Crippen LogP contribution >= 0.6 is 15.9 Å². The molecule has 0 N–H and O–H groups in total. The Kier molecular flexibility index (Phi) is 5.90. The molecule has 4 rings (SSSR count). The van der Waals surface area contributed by atoms with Crippen molar-refractivity contribution in [1.29, 1.82) is 0 Å². The number of halogens is 1. The van der Waals surface area contributed by atoms with Crippen LogP contribution < -0.4 is 0 Å². The molecule has 0 saturated carbocycles. The van der Waals surface area contributed by atoms with E-state index < -0.39 is 6.04 Å². The summed E-state index contributed by atoms with van der Waals surface area (Å²) in [7, 11) is 0. The third-order valence-corrected chi connectivity index (χ3v) is 6.14. The van der Waals surface area contributed by atoms with Crippen LogP contribution in [0.3, 0.4) is 0 Å². The molecule has 1 atom stereocenters. The monoisotopic (exact) mass is 474 g/mol. The molecule has 30 heavy (non-hydrogen) atoms. The van der Waals surface area contributed by atoms with Gasteiger partial charge in [-0.05, 0) is 44.0 Å². The Labute approximate surface area is 182 Å². The lowest BCUT2D eigenvalue weighted by atomic mass is 10.1. The molecule has 1 aromatic heterocycles. The first-order valence-corrected chi connectivity index (χ1v) is 10.8. The lowest BCUT2D eigenvalue weighted by Crippen LogP contribution is -2.55. The molecule has 0 aliphatic carbocycles. The second-order valence-electron chi connectivity index (χ2n) is 7.61. The second-order valence-corrected chi connectivity index (χ2v) is 8.53. The fourth-order valence-corrected chi connectivity index (χ4v) is 4.25. The molecule has 3 heterocycles. The Morgan fingerprint density at radius 2 is 1.67 bits per heavy atom. The first-order valence-electron chi connectivity index (χ1n) is 10.0. The van der Waals surface area contributed by atoms with E-state index in [4.69, 9.17) is 4.52 Å². The van der Waals surface area contributed by atoms with Crippen molar-refractivity contribution in [3.05, 3.63) is 51.8 Å². The third kappa shape index (κ3) is 4.12. The first kappa shape index (κ1) is 20.6. The van der Waals surface area contributed by atoms with Gasteiger partial charge in [0.2, 0.25) is 11.7 Å². The molecule has 9 heteroatoms. The van der Waals surface area contributed by atoms with Gasteiger partial charge in [0.05, 0.1) is 5.69 Å². The summed E-state index contributed by atoms with van der Waals surface area (Å²) >= 11 is 3.37. The standard InChI is InChI=1S/C21H23BrN4O4/c1-14-13-18(30-23-14)21(29)25-11-9-24(10-12-25)20(28)17-3-2-8-26(17)19(27)15-4-6-16(22)7-5-15/h4-7,13,17H,2-3,8-12H2,1H3. The lowest BCUT2D eigenvalue weighted by molar-refractivity contribution is -0.136. The highest BCUT2D eigenvalue weighted by atomic mass is 79.9. The molecule has 0 bridgehead atoms. The van der Waals surface area contributed by atoms with Gasteiger partial charge in [-0.15, -0.1) is 0 Å². The van der Waals surface area contributed by atoms with Crippen molar-refractivity contribution in [3.63, 3.8) is 0 Å². The van der Waals surface area contributed by atoms with Crippen LogP contribution in [0.1, 0.15) is 39.4 Å². The van der Waals surface area contributed by atoms with Gasteiger partial charge in [-0.1, -0.05) is 21.1 Å². The van der Waals surface area contributed by atoms with Crippen LogP contribution in [0, 0.1) is 6.92 Å². The van der Waals surface area contributed by atoms with Gasteiger partial charge in [-0.2, -0.15) is 0 Å². The fourth-order valence-electron chi connectivity index (χ4n) is 3.99. The van der Waals surface area contributed by atoms with Crippen molar-refractivity contribution in [1.82, 2.24) is 19.9 Å². The minimum atomic E-state index is -0.444. The van der Waals surface area contributed by atoms with Gasteiger partial charge in [0.1, 0.15) is 6.04 Å². The molecule has 2 saturated heterocycles. The van der Waals surface area contributed by atoms with Crippen LogP contribution in [0.2, 0.25) is 0 Å². The predicted octanol–water partition coefficient (Wildman–Crippen LogP) is 2.33. The maximum Gasteiger partial charge on any atom is 0.292 e. The third-order valence-electron chi connectivity index (χ3n) is 5.61. The number of carbonyl (C=O) groups excluding carboxylic acids is 3. The average Bonchev–Trinajstić information content (AvgIpc) is 3.42. The maximum absolute atomic E-state index is 13.1. The number of aromatic nitrogens is 1. The molecule has 158 valence electrons. The largest absolute Gasteiger partial charge is 0.351 e. The van der Waals surface area contributed by atoms with E-state index in [0.717, 1.165) is 10.9 Å². The number of amides is 3. The zero-order valence-electron chi connectivity index (χ0n) is 16.7. The minimum absolute atomic E-state index is 0.0411. The van der Waals surface area contributed by atoms with Crippen molar-refractivity contribution >= 4 is 33.7 Å². The Morgan fingerprint density at radius 3 is 2.30 bits per heavy atom. The van der Waals surface area contributed by atoms with Gasteiger partial charge < -0.3 is 19.2 Å². The summed E-state index contributed by atoms with van der Waals surface area (Å²) in [5.74, 6) is -0.154. The highest BCUT2D eigenvalue weighted by molar-refractivity contribution is 9.10. The maximum atomic E-state index is 13.1. The number of likely N-dealkylation sites (tertiary alicyclic amines) is 1. The van der Waals surface area contributed by atoms with E-state index in [9.17, 15) is 14.4 Å². The SMILES string of the molecule is Cc1cc(C(=O)N2CCN(C(=O)C3CCCN3C(=O)c3ccc(Br)cc3)CC2)on1. The van der Waals surface area contributed by atoms with Crippen molar-refractivity contribution in [2.24, 2.45) is 0 Å². The molecule has 0 spiro atoms. The number of rotatable bonds is 3. The number of benzene rings is 1. The Bertz CT molecular complexity index is 950. The summed E-state index contributed by atoms with van der Waals surface area (Å²) < 4.78 is 5.96. The van der Waals surface area contributed by atoms with Crippen molar-refractivity contribution in [2.75, 3.05) is 32.7 Å². The van der Waals surface area contributed by atoms with Crippen molar-refractivity contribution < 1.29 is 18.9 Å². The first-order chi connectivity index (χ1) is 14.4. The minimum Gasteiger partial charge on any atom is -0.351 e. The van der Waals surface area contributed by atoms with Crippen molar-refractivity contribution in [2.45, 2.75) is 25.8 Å². The molecular formula is C21H23BrN4O4. The van der Waals surface area contributed by atoms with Crippen LogP contribution in [0.5, 0.6) is 0 Å². The quantitative estimate of drug-likeness (QED) is 0.681. The van der Waals surface area contributed by atoms with Crippen LogP contribution in [0.4, 0.5) is 0 Å². The molecule has 2 aliphatic heterocycles. The van der Waals surface area contributed by atoms with Gasteiger partial charge in [-0.3, -0.25) is 14.4 Å². The van der Waals surface area contributed by atoms with E-state index in [1.54, 1.807) is 39.8 Å². The summed E-state index contributed by atoms with van der Waals surface area (Å²) in [5, 5.41) is 3.76. The van der Waals surface area contributed by atoms with Crippen LogP contribution in [-0.4, -0.2) is 76.3 Å². The fraction of sp³-hybridized carbons (Fsp3) is 0.429. The van der Waals surface area contributed by atoms with E-state index in [1.807, 2.05) is 12.1 Å². The highest BCUT2D eigenvalue weighted by Gasteiger charge is 2.38. The molecule has 8 nitrogen and oxygen atoms in total. The van der Waals surface area contributed by atoms with E-state index in [-0.39, 0.29) is 23.5 Å². The summed E-state index contributed by atoms with van der Waals surface area (Å²) in [4.78, 5) is 43.7. The summed E-state index contributed by atoms with van der Waals surface area (Å²) in [6, 6.07) is 8.35. The zero-order chi connectivity index (χ0) is 21.3. The molecule has 3 amide bonds. The van der Waals surface area contributed by atoms with E-state index in [2.05, 4.69) is 21.1 Å². The number of hydrogen-bond donors (Lipinski definition) is 0. The van der Waals surface area contributed by atoms with E-state index in [0.29, 0.717) is 50.4 Å². The zero-order valence-corrected chi connectivity index (χ0v) is 18.3. The van der Waals surface area contributed by atoms with Gasteiger partial charge in [-0.25, -0.2) is 0 Å². The number of carbonyl (C=O) groups is 3. The summed E-state index contributed by atoms with van der Waals surface area (Å²) in [6.07, 6.45) is 1.47. The molecule has 2 fully saturated rings. The van der Waals surface area contributed by atoms with Crippen LogP contribution in [0.25, 0.3) is 0 Å². The Morgan fingerprint density at radius 1 is 1.00 bits per heavy atom. The van der Waals surface area contributed by atoms with Gasteiger partial charge >= 0.3 is 0 Å². The summed E-state index contributed by atoms with van der Waals surface area (Å²) in [6.45, 7) is 4.08. The average molecular weight is 475 g/mol. The Balaban J connectivity index is 1.38. The molecule has 0 radical (unpaired) electrons. The van der Waals surface area contributed by atoms with E-state index in [1.165, 1.54) is 0 Å².